The van der Waals surface area contributed by atoms with Crippen molar-refractivity contribution in [2.24, 2.45) is 5.92 Å². The zero-order valence-electron chi connectivity index (χ0n) is 12.9. The van der Waals surface area contributed by atoms with Gasteiger partial charge in [0.15, 0.2) is 0 Å². The quantitative estimate of drug-likeness (QED) is 0.756. The molecule has 0 bridgehead atoms. The summed E-state index contributed by atoms with van der Waals surface area (Å²) in [6, 6.07) is 0.231. The van der Waals surface area contributed by atoms with Gasteiger partial charge >= 0.3 is 5.97 Å². The van der Waals surface area contributed by atoms with E-state index in [0.29, 0.717) is 16.1 Å². The third kappa shape index (κ3) is 4.56. The lowest BCUT2D eigenvalue weighted by Crippen LogP contribution is -2.30. The van der Waals surface area contributed by atoms with Crippen LogP contribution in [0, 0.1) is 5.92 Å². The maximum atomic E-state index is 12.1. The second-order valence-corrected chi connectivity index (χ2v) is 5.71. The van der Waals surface area contributed by atoms with Crippen LogP contribution in [0.25, 0.3) is 0 Å². The van der Waals surface area contributed by atoms with E-state index in [4.69, 9.17) is 0 Å². The van der Waals surface area contributed by atoms with Crippen LogP contribution in [-0.4, -0.2) is 28.9 Å². The summed E-state index contributed by atoms with van der Waals surface area (Å²) in [6.07, 6.45) is 3.68. The van der Waals surface area contributed by atoms with E-state index in [1.54, 1.807) is 6.20 Å². The number of anilines is 1. The number of nitrogens with one attached hydrogen (secondary N) is 1. The van der Waals surface area contributed by atoms with Crippen LogP contribution in [-0.2, 0) is 16.1 Å². The van der Waals surface area contributed by atoms with Gasteiger partial charge in [-0.15, -0.1) is 0 Å². The Morgan fingerprint density at radius 3 is 2.62 bits per heavy atom. The Kier molecular flexibility index (Phi) is 6.87. The average Bonchev–Trinajstić information content (AvgIpc) is 2.48. The number of methoxy groups -OCH3 is 1. The van der Waals surface area contributed by atoms with Crippen LogP contribution in [0.3, 0.4) is 0 Å². The van der Waals surface area contributed by atoms with E-state index in [0.717, 1.165) is 17.5 Å². The van der Waals surface area contributed by atoms with Crippen LogP contribution < -0.4 is 10.9 Å². The lowest BCUT2D eigenvalue weighted by Gasteiger charge is -2.24. The summed E-state index contributed by atoms with van der Waals surface area (Å²) in [5, 5.41) is 7.31. The molecule has 1 rings (SSSR count). The van der Waals surface area contributed by atoms with Crippen molar-refractivity contribution in [2.75, 3.05) is 12.4 Å². The minimum Gasteiger partial charge on any atom is -0.468 e. The van der Waals surface area contributed by atoms with Crippen molar-refractivity contribution < 1.29 is 9.53 Å². The SMILES string of the molecule is CCC(CC)C(C)Nc1cnn(CC(=O)OC)c(=O)c1Br. The molecule has 0 aliphatic carbocycles. The van der Waals surface area contributed by atoms with E-state index < -0.39 is 5.97 Å². The van der Waals surface area contributed by atoms with Crippen LogP contribution in [0.2, 0.25) is 0 Å². The lowest BCUT2D eigenvalue weighted by molar-refractivity contribution is -0.141. The van der Waals surface area contributed by atoms with Crippen LogP contribution in [0.5, 0.6) is 0 Å². The summed E-state index contributed by atoms with van der Waals surface area (Å²) in [5.41, 5.74) is 0.280. The van der Waals surface area contributed by atoms with Crippen molar-refractivity contribution in [3.63, 3.8) is 0 Å². The second kappa shape index (κ2) is 8.17. The third-order valence-corrected chi connectivity index (χ3v) is 4.40. The molecular formula is C14H22BrN3O3. The Morgan fingerprint density at radius 1 is 1.48 bits per heavy atom. The maximum absolute atomic E-state index is 12.1. The minimum atomic E-state index is -0.511. The van der Waals surface area contributed by atoms with E-state index in [2.05, 4.69) is 51.9 Å². The molecule has 1 aromatic rings. The molecule has 1 N–H and O–H groups in total. The minimum absolute atomic E-state index is 0.198. The number of hydrogen-bond acceptors (Lipinski definition) is 5. The van der Waals surface area contributed by atoms with Gasteiger partial charge in [-0.25, -0.2) is 4.68 Å². The van der Waals surface area contributed by atoms with Gasteiger partial charge < -0.3 is 10.1 Å². The Balaban J connectivity index is 2.94. The number of carbonyl (C=O) groups is 1. The van der Waals surface area contributed by atoms with Crippen LogP contribution in [0.15, 0.2) is 15.5 Å². The Bertz CT molecular complexity index is 541. The molecule has 0 aromatic carbocycles. The van der Waals surface area contributed by atoms with Crippen molar-refractivity contribution in [2.45, 2.75) is 46.2 Å². The summed E-state index contributed by atoms with van der Waals surface area (Å²) in [6.45, 7) is 6.18. The maximum Gasteiger partial charge on any atom is 0.327 e. The molecule has 21 heavy (non-hydrogen) atoms. The highest BCUT2D eigenvalue weighted by molar-refractivity contribution is 9.10. The molecule has 0 aliphatic heterocycles. The first kappa shape index (κ1) is 17.7. The molecular weight excluding hydrogens is 338 g/mol. The van der Waals surface area contributed by atoms with Crippen LogP contribution >= 0.6 is 15.9 Å². The number of carbonyl (C=O) groups excluding carboxylic acids is 1. The number of esters is 1. The first-order valence-electron chi connectivity index (χ1n) is 7.03. The molecule has 0 aliphatic rings. The summed E-state index contributed by atoms with van der Waals surface area (Å²) in [5.74, 6) is 0.0111. The Labute approximate surface area is 133 Å². The summed E-state index contributed by atoms with van der Waals surface area (Å²) < 4.78 is 5.98. The third-order valence-electron chi connectivity index (χ3n) is 3.63. The van der Waals surface area contributed by atoms with Crippen molar-refractivity contribution in [1.82, 2.24) is 9.78 Å². The topological polar surface area (TPSA) is 73.2 Å². The summed E-state index contributed by atoms with van der Waals surface area (Å²) in [7, 11) is 1.27. The molecule has 1 aromatic heterocycles. The van der Waals surface area contributed by atoms with Crippen molar-refractivity contribution >= 4 is 27.6 Å². The highest BCUT2D eigenvalue weighted by atomic mass is 79.9. The molecule has 6 nitrogen and oxygen atoms in total. The molecule has 0 fully saturated rings. The first-order valence-corrected chi connectivity index (χ1v) is 7.82. The summed E-state index contributed by atoms with van der Waals surface area (Å²) >= 11 is 3.28. The van der Waals surface area contributed by atoms with E-state index in [1.165, 1.54) is 7.11 Å². The van der Waals surface area contributed by atoms with Crippen LogP contribution in [0.4, 0.5) is 5.69 Å². The number of hydrogen-bond donors (Lipinski definition) is 1. The van der Waals surface area contributed by atoms with E-state index in [1.807, 2.05) is 0 Å². The van der Waals surface area contributed by atoms with Crippen molar-refractivity contribution in [3.8, 4) is 0 Å². The number of halogens is 1. The van der Waals surface area contributed by atoms with Crippen molar-refractivity contribution in [3.05, 3.63) is 21.0 Å². The Hall–Kier alpha value is -1.37. The number of aromatic nitrogens is 2. The largest absolute Gasteiger partial charge is 0.468 e. The number of ether oxygens (including phenoxy) is 1. The molecule has 0 amide bonds. The van der Waals surface area contributed by atoms with E-state index in [9.17, 15) is 9.59 Å². The zero-order chi connectivity index (χ0) is 16.0. The monoisotopic (exact) mass is 359 g/mol. The number of rotatable bonds is 7. The standard InChI is InChI=1S/C14H22BrN3O3/c1-5-10(6-2)9(3)17-11-7-16-18(8-12(19)21-4)14(20)13(11)15/h7,9-10,17H,5-6,8H2,1-4H3. The van der Waals surface area contributed by atoms with Gasteiger partial charge in [0.2, 0.25) is 0 Å². The molecule has 1 heterocycles. The molecule has 118 valence electrons. The fourth-order valence-electron chi connectivity index (χ4n) is 2.22. The molecule has 1 atom stereocenters. The predicted octanol–water partition coefficient (Wildman–Crippen LogP) is 2.42. The number of nitrogens with zero attached hydrogens (tertiary/aromatic N) is 2. The van der Waals surface area contributed by atoms with Gasteiger partial charge in [-0.2, -0.15) is 5.10 Å². The van der Waals surface area contributed by atoms with Gasteiger partial charge in [0, 0.05) is 6.04 Å². The zero-order valence-corrected chi connectivity index (χ0v) is 14.4. The van der Waals surface area contributed by atoms with Gasteiger partial charge in [0.25, 0.3) is 5.56 Å². The Morgan fingerprint density at radius 2 is 2.10 bits per heavy atom. The second-order valence-electron chi connectivity index (χ2n) is 4.92. The van der Waals surface area contributed by atoms with E-state index >= 15 is 0 Å². The molecule has 1 unspecified atom stereocenters. The van der Waals surface area contributed by atoms with Gasteiger partial charge in [-0.05, 0) is 28.8 Å². The van der Waals surface area contributed by atoms with Gasteiger partial charge in [-0.3, -0.25) is 9.59 Å². The van der Waals surface area contributed by atoms with Gasteiger partial charge in [-0.1, -0.05) is 26.7 Å². The fraction of sp³-hybridized carbons (Fsp3) is 0.643. The summed E-state index contributed by atoms with van der Waals surface area (Å²) in [4.78, 5) is 23.4. The van der Waals surface area contributed by atoms with Crippen molar-refractivity contribution in [1.29, 1.82) is 0 Å². The normalized spacial score (nSPS) is 12.3. The first-order chi connectivity index (χ1) is 9.94. The molecule has 0 radical (unpaired) electrons. The van der Waals surface area contributed by atoms with Gasteiger partial charge in [0.1, 0.15) is 11.0 Å². The molecule has 0 saturated carbocycles. The molecule has 0 spiro atoms. The fourth-order valence-corrected chi connectivity index (χ4v) is 2.65. The van der Waals surface area contributed by atoms with Gasteiger partial charge in [0.05, 0.1) is 19.0 Å². The molecule has 7 heteroatoms. The highest BCUT2D eigenvalue weighted by Crippen LogP contribution is 2.21. The molecule has 0 saturated heterocycles. The predicted molar refractivity (Wildman–Crippen MR) is 85.4 cm³/mol. The average molecular weight is 360 g/mol. The van der Waals surface area contributed by atoms with E-state index in [-0.39, 0.29) is 18.1 Å². The smallest absolute Gasteiger partial charge is 0.327 e. The highest BCUT2D eigenvalue weighted by Gasteiger charge is 2.17. The van der Waals surface area contributed by atoms with Crippen LogP contribution in [0.1, 0.15) is 33.6 Å². The lowest BCUT2D eigenvalue weighted by atomic mass is 9.95.